The van der Waals surface area contributed by atoms with Gasteiger partial charge in [-0.3, -0.25) is 9.80 Å². The van der Waals surface area contributed by atoms with Crippen molar-refractivity contribution in [1.82, 2.24) is 14.8 Å². The quantitative estimate of drug-likeness (QED) is 0.550. The molecule has 1 aromatic heterocycles. The fourth-order valence-electron chi connectivity index (χ4n) is 3.85. The average molecular weight is 442 g/mol. The second-order valence-corrected chi connectivity index (χ2v) is 9.32. The van der Waals surface area contributed by atoms with E-state index in [1.165, 1.54) is 5.56 Å². The first-order valence-electron chi connectivity index (χ1n) is 10.9. The summed E-state index contributed by atoms with van der Waals surface area (Å²) in [6.07, 6.45) is -0.510. The molecule has 0 saturated carbocycles. The Morgan fingerprint density at radius 2 is 1.81 bits per heavy atom. The van der Waals surface area contributed by atoms with E-state index in [2.05, 4.69) is 27.8 Å². The summed E-state index contributed by atoms with van der Waals surface area (Å²) in [4.78, 5) is 9.22. The molecule has 0 radical (unpaired) electrons. The molecule has 0 spiro atoms. The van der Waals surface area contributed by atoms with Gasteiger partial charge in [-0.25, -0.2) is 4.98 Å². The normalized spacial score (nSPS) is 16.5. The number of aliphatic hydroxyl groups excluding tert-OH is 1. The number of nitrogens with zero attached hydrogens (tertiary/aromatic N) is 3. The molecule has 1 aliphatic heterocycles. The van der Waals surface area contributed by atoms with E-state index in [4.69, 9.17) is 9.47 Å². The minimum Gasteiger partial charge on any atom is -0.492 e. The highest BCUT2D eigenvalue weighted by Crippen LogP contribution is 2.25. The highest BCUT2D eigenvalue weighted by molar-refractivity contribution is 7.18. The van der Waals surface area contributed by atoms with E-state index in [1.807, 2.05) is 43.3 Å². The number of ether oxygens (including phenoxy) is 2. The van der Waals surface area contributed by atoms with Gasteiger partial charge in [-0.15, -0.1) is 11.3 Å². The predicted molar refractivity (Wildman–Crippen MR) is 125 cm³/mol. The molecule has 166 valence electrons. The van der Waals surface area contributed by atoms with Crippen LogP contribution in [0, 0.1) is 13.8 Å². The van der Waals surface area contributed by atoms with Crippen molar-refractivity contribution in [2.24, 2.45) is 0 Å². The summed E-state index contributed by atoms with van der Waals surface area (Å²) in [5.41, 5.74) is 2.13. The van der Waals surface area contributed by atoms with Crippen LogP contribution in [0.4, 0.5) is 0 Å². The van der Waals surface area contributed by atoms with E-state index in [0.717, 1.165) is 59.4 Å². The molecule has 1 saturated heterocycles. The van der Waals surface area contributed by atoms with Crippen LogP contribution in [0.2, 0.25) is 0 Å². The first kappa shape index (κ1) is 22.0. The minimum absolute atomic E-state index is 0.291. The molecule has 4 rings (SSSR count). The first-order valence-corrected chi connectivity index (χ1v) is 11.7. The molecule has 1 atom stereocenters. The third kappa shape index (κ3) is 6.17. The molecule has 2 aromatic carbocycles. The molecule has 1 aliphatic rings. The lowest BCUT2D eigenvalue weighted by Crippen LogP contribution is -2.50. The van der Waals surface area contributed by atoms with E-state index >= 15 is 0 Å². The van der Waals surface area contributed by atoms with Crippen LogP contribution in [0.1, 0.15) is 10.6 Å². The van der Waals surface area contributed by atoms with Gasteiger partial charge in [0.25, 0.3) is 0 Å². The third-order valence-corrected chi connectivity index (χ3v) is 6.55. The Balaban J connectivity index is 1.14. The van der Waals surface area contributed by atoms with Crippen LogP contribution in [0.25, 0.3) is 10.2 Å². The molecule has 31 heavy (non-hydrogen) atoms. The van der Waals surface area contributed by atoms with Gasteiger partial charge in [-0.05, 0) is 37.6 Å². The van der Waals surface area contributed by atoms with Gasteiger partial charge in [0.1, 0.15) is 30.8 Å². The lowest BCUT2D eigenvalue weighted by Gasteiger charge is -2.35. The van der Waals surface area contributed by atoms with Crippen LogP contribution >= 0.6 is 11.3 Å². The summed E-state index contributed by atoms with van der Waals surface area (Å²) < 4.78 is 12.9. The van der Waals surface area contributed by atoms with Gasteiger partial charge < -0.3 is 14.6 Å². The van der Waals surface area contributed by atoms with Crippen LogP contribution in [0.3, 0.4) is 0 Å². The smallest absolute Gasteiger partial charge is 0.122 e. The number of para-hydroxylation sites is 1. The first-order chi connectivity index (χ1) is 15.1. The van der Waals surface area contributed by atoms with Crippen molar-refractivity contribution < 1.29 is 14.6 Å². The lowest BCUT2D eigenvalue weighted by molar-refractivity contribution is 0.0436. The number of aryl methyl sites for hydroxylation is 2. The summed E-state index contributed by atoms with van der Waals surface area (Å²) in [6.45, 7) is 10.5. The Labute approximate surface area is 188 Å². The van der Waals surface area contributed by atoms with Crippen LogP contribution < -0.4 is 9.47 Å². The van der Waals surface area contributed by atoms with Crippen molar-refractivity contribution in [3.05, 3.63) is 53.0 Å². The van der Waals surface area contributed by atoms with Gasteiger partial charge in [0, 0.05) is 45.3 Å². The number of fused-ring (bicyclic) bond motifs is 1. The van der Waals surface area contributed by atoms with Gasteiger partial charge in [0.15, 0.2) is 0 Å². The van der Waals surface area contributed by atoms with Crippen LogP contribution in [-0.2, 0) is 0 Å². The zero-order valence-electron chi connectivity index (χ0n) is 18.3. The summed E-state index contributed by atoms with van der Waals surface area (Å²) in [6, 6.07) is 14.1. The Hall–Kier alpha value is -2.19. The zero-order valence-corrected chi connectivity index (χ0v) is 19.1. The molecule has 6 nitrogen and oxygen atoms in total. The van der Waals surface area contributed by atoms with Gasteiger partial charge in [-0.2, -0.15) is 0 Å². The number of aliphatic hydroxyl groups is 1. The Kier molecular flexibility index (Phi) is 7.40. The molecule has 7 heteroatoms. The maximum Gasteiger partial charge on any atom is 0.122 e. The number of piperazine rings is 1. The van der Waals surface area contributed by atoms with Crippen LogP contribution in [0.15, 0.2) is 42.5 Å². The summed E-state index contributed by atoms with van der Waals surface area (Å²) in [7, 11) is 0. The molecule has 0 unspecified atom stereocenters. The standard InChI is InChI=1S/C24H31N3O3S/c1-18-5-3-4-6-23(18)29-14-13-26-9-11-27(12-10-26)16-20(28)17-30-21-7-8-24-22(15-21)25-19(2)31-24/h3-8,15,20,28H,9-14,16-17H2,1-2H3/t20-/m1/s1. The SMILES string of the molecule is Cc1nc2cc(OC[C@H](O)CN3CCN(CCOc4ccccc4C)CC3)ccc2s1. The van der Waals surface area contributed by atoms with Crippen molar-refractivity contribution in [2.75, 3.05) is 52.5 Å². The van der Waals surface area contributed by atoms with Crippen molar-refractivity contribution in [1.29, 1.82) is 0 Å². The monoisotopic (exact) mass is 441 g/mol. The number of thiazole rings is 1. The lowest BCUT2D eigenvalue weighted by atomic mass is 10.2. The van der Waals surface area contributed by atoms with Crippen molar-refractivity contribution in [2.45, 2.75) is 20.0 Å². The van der Waals surface area contributed by atoms with Crippen molar-refractivity contribution in [3.8, 4) is 11.5 Å². The highest BCUT2D eigenvalue weighted by Gasteiger charge is 2.19. The highest BCUT2D eigenvalue weighted by atomic mass is 32.1. The van der Waals surface area contributed by atoms with E-state index < -0.39 is 6.10 Å². The molecule has 1 fully saturated rings. The van der Waals surface area contributed by atoms with Crippen molar-refractivity contribution in [3.63, 3.8) is 0 Å². The molecule has 1 N–H and O–H groups in total. The van der Waals surface area contributed by atoms with E-state index in [-0.39, 0.29) is 0 Å². The summed E-state index contributed by atoms with van der Waals surface area (Å²) >= 11 is 1.68. The Morgan fingerprint density at radius 1 is 1.03 bits per heavy atom. The number of aromatic nitrogens is 1. The Morgan fingerprint density at radius 3 is 2.61 bits per heavy atom. The number of β-amino-alcohol motifs (C(OH)–C–C–N with tert-alkyl or cyclic N) is 1. The molecule has 3 aromatic rings. The second kappa shape index (κ2) is 10.4. The number of hydrogen-bond donors (Lipinski definition) is 1. The summed E-state index contributed by atoms with van der Waals surface area (Å²) in [5, 5.41) is 11.5. The van der Waals surface area contributed by atoms with Gasteiger partial charge in [0.2, 0.25) is 0 Å². The molecule has 0 aliphatic carbocycles. The van der Waals surface area contributed by atoms with Crippen LogP contribution in [-0.4, -0.2) is 78.5 Å². The molecule has 0 bridgehead atoms. The van der Waals surface area contributed by atoms with Gasteiger partial charge in [0.05, 0.1) is 15.2 Å². The van der Waals surface area contributed by atoms with Crippen LogP contribution in [0.5, 0.6) is 11.5 Å². The molecule has 2 heterocycles. The van der Waals surface area contributed by atoms with E-state index in [1.54, 1.807) is 11.3 Å². The number of rotatable bonds is 9. The zero-order chi connectivity index (χ0) is 21.6. The fraction of sp³-hybridized carbons (Fsp3) is 0.458. The minimum atomic E-state index is -0.510. The second-order valence-electron chi connectivity index (χ2n) is 8.08. The molecule has 0 amide bonds. The largest absolute Gasteiger partial charge is 0.492 e. The third-order valence-electron chi connectivity index (χ3n) is 5.60. The fourth-order valence-corrected chi connectivity index (χ4v) is 4.66. The maximum absolute atomic E-state index is 10.4. The van der Waals surface area contributed by atoms with Crippen molar-refractivity contribution >= 4 is 21.6 Å². The predicted octanol–water partition coefficient (Wildman–Crippen LogP) is 3.35. The van der Waals surface area contributed by atoms with Gasteiger partial charge in [-0.1, -0.05) is 18.2 Å². The summed E-state index contributed by atoms with van der Waals surface area (Å²) in [5.74, 6) is 1.73. The molecular formula is C24H31N3O3S. The Bertz CT molecular complexity index is 985. The van der Waals surface area contributed by atoms with E-state index in [0.29, 0.717) is 19.8 Å². The number of hydrogen-bond acceptors (Lipinski definition) is 7. The maximum atomic E-state index is 10.4. The van der Waals surface area contributed by atoms with Gasteiger partial charge >= 0.3 is 0 Å². The number of benzene rings is 2. The topological polar surface area (TPSA) is 58.1 Å². The molecular weight excluding hydrogens is 410 g/mol. The average Bonchev–Trinajstić information content (AvgIpc) is 3.14. The van der Waals surface area contributed by atoms with E-state index in [9.17, 15) is 5.11 Å².